The average Bonchev–Trinajstić information content (AvgIpc) is 3.36. The smallest absolute Gasteiger partial charge is 0.273 e. The molecule has 2 amide bonds. The van der Waals surface area contributed by atoms with Gasteiger partial charge in [0.15, 0.2) is 17.8 Å². The third-order valence-corrected chi connectivity index (χ3v) is 4.95. The summed E-state index contributed by atoms with van der Waals surface area (Å²) in [6.07, 6.45) is 8.76. The predicted molar refractivity (Wildman–Crippen MR) is 86.0 cm³/mol. The van der Waals surface area contributed by atoms with Crippen LogP contribution in [0.15, 0.2) is 21.6 Å². The van der Waals surface area contributed by atoms with Crippen molar-refractivity contribution in [3.05, 3.63) is 35.4 Å². The van der Waals surface area contributed by atoms with E-state index in [0.717, 1.165) is 43.4 Å². The third-order valence-electron chi connectivity index (χ3n) is 4.95. The van der Waals surface area contributed by atoms with E-state index in [4.69, 9.17) is 8.94 Å². The Labute approximate surface area is 144 Å². The molecule has 25 heavy (non-hydrogen) atoms. The van der Waals surface area contributed by atoms with Crippen molar-refractivity contribution in [1.82, 2.24) is 20.8 Å². The fourth-order valence-corrected chi connectivity index (χ4v) is 3.61. The van der Waals surface area contributed by atoms with Gasteiger partial charge >= 0.3 is 0 Å². The number of hydrogen-bond donors (Lipinski definition) is 2. The summed E-state index contributed by atoms with van der Waals surface area (Å²) in [5, 5.41) is 9.94. The molecular weight excluding hydrogens is 324 g/mol. The van der Waals surface area contributed by atoms with Crippen molar-refractivity contribution in [3.8, 4) is 0 Å². The zero-order valence-electron chi connectivity index (χ0n) is 13.8. The molecule has 2 N–H and O–H groups in total. The molecule has 1 atom stereocenters. The number of carbonyl (C=O) groups excluding carboxylic acids is 2. The van der Waals surface area contributed by atoms with Crippen molar-refractivity contribution in [1.29, 1.82) is 0 Å². The van der Waals surface area contributed by atoms with Crippen LogP contribution in [-0.2, 0) is 12.8 Å². The molecule has 1 fully saturated rings. The fourth-order valence-electron chi connectivity index (χ4n) is 3.61. The van der Waals surface area contributed by atoms with Gasteiger partial charge in [0.1, 0.15) is 12.0 Å². The summed E-state index contributed by atoms with van der Waals surface area (Å²) in [6.45, 7) is 0. The van der Waals surface area contributed by atoms with E-state index in [1.54, 1.807) is 0 Å². The van der Waals surface area contributed by atoms with E-state index in [0.29, 0.717) is 18.5 Å². The first-order valence-corrected chi connectivity index (χ1v) is 8.68. The first-order chi connectivity index (χ1) is 12.2. The number of nitrogens with one attached hydrogen (secondary N) is 2. The van der Waals surface area contributed by atoms with Crippen LogP contribution in [0.4, 0.5) is 0 Å². The topological polar surface area (TPSA) is 110 Å². The van der Waals surface area contributed by atoms with E-state index in [1.165, 1.54) is 12.7 Å². The highest BCUT2D eigenvalue weighted by molar-refractivity contribution is 5.94. The van der Waals surface area contributed by atoms with Crippen LogP contribution < -0.4 is 10.6 Å². The minimum Gasteiger partial charge on any atom is -0.451 e. The highest BCUT2D eigenvalue weighted by Gasteiger charge is 2.31. The molecule has 2 aliphatic rings. The first-order valence-electron chi connectivity index (χ1n) is 8.68. The monoisotopic (exact) mass is 344 g/mol. The normalized spacial score (nSPS) is 20.2. The quantitative estimate of drug-likeness (QED) is 0.872. The fraction of sp³-hybridized carbons (Fsp3) is 0.529. The highest BCUT2D eigenvalue weighted by Crippen LogP contribution is 2.26. The maximum absolute atomic E-state index is 12.5. The lowest BCUT2D eigenvalue weighted by atomic mass is 9.91. The van der Waals surface area contributed by atoms with Gasteiger partial charge < -0.3 is 19.6 Å². The lowest BCUT2D eigenvalue weighted by molar-refractivity contribution is 0.0923. The molecule has 1 saturated carbocycles. The van der Waals surface area contributed by atoms with Gasteiger partial charge in [0, 0.05) is 24.1 Å². The van der Waals surface area contributed by atoms with Gasteiger partial charge in [-0.2, -0.15) is 0 Å². The number of carbonyl (C=O) groups is 2. The minimum absolute atomic E-state index is 0.0888. The molecule has 0 aromatic carbocycles. The molecule has 0 saturated heterocycles. The molecule has 132 valence electrons. The number of hydrogen-bond acceptors (Lipinski definition) is 6. The minimum atomic E-state index is -0.282. The van der Waals surface area contributed by atoms with Crippen molar-refractivity contribution >= 4 is 11.8 Å². The van der Waals surface area contributed by atoms with Gasteiger partial charge in [0.2, 0.25) is 0 Å². The van der Waals surface area contributed by atoms with Gasteiger partial charge in [-0.05, 0) is 25.7 Å². The van der Waals surface area contributed by atoms with Crippen molar-refractivity contribution < 1.29 is 18.5 Å². The van der Waals surface area contributed by atoms with Gasteiger partial charge in [-0.25, -0.2) is 4.98 Å². The van der Waals surface area contributed by atoms with Crippen LogP contribution >= 0.6 is 0 Å². The Hall–Kier alpha value is -2.64. The summed E-state index contributed by atoms with van der Waals surface area (Å²) in [4.78, 5) is 28.5. The van der Waals surface area contributed by atoms with E-state index >= 15 is 0 Å². The predicted octanol–water partition coefficient (Wildman–Crippen LogP) is 1.62. The van der Waals surface area contributed by atoms with E-state index in [2.05, 4.69) is 20.8 Å². The summed E-state index contributed by atoms with van der Waals surface area (Å²) in [5.41, 5.74) is 1.39. The third kappa shape index (κ3) is 3.29. The zero-order chi connectivity index (χ0) is 17.2. The van der Waals surface area contributed by atoms with Crippen LogP contribution in [0.5, 0.6) is 0 Å². The van der Waals surface area contributed by atoms with Crippen molar-refractivity contribution in [2.24, 2.45) is 0 Å². The van der Waals surface area contributed by atoms with Crippen LogP contribution in [-0.4, -0.2) is 34.0 Å². The zero-order valence-corrected chi connectivity index (χ0v) is 13.8. The summed E-state index contributed by atoms with van der Waals surface area (Å²) in [7, 11) is 0. The SMILES string of the molecule is O=C(NC1CCc2onc(C(=O)NC3CCCC3)c2C1)c1cocn1. The number of oxazole rings is 1. The molecule has 0 bridgehead atoms. The van der Waals surface area contributed by atoms with Crippen LogP contribution in [0, 0.1) is 0 Å². The highest BCUT2D eigenvalue weighted by atomic mass is 16.5. The van der Waals surface area contributed by atoms with Gasteiger partial charge in [-0.1, -0.05) is 18.0 Å². The molecule has 0 spiro atoms. The maximum atomic E-state index is 12.5. The number of aryl methyl sites for hydroxylation is 1. The molecule has 8 nitrogen and oxygen atoms in total. The van der Waals surface area contributed by atoms with E-state index < -0.39 is 0 Å². The Morgan fingerprint density at radius 1 is 1.08 bits per heavy atom. The number of rotatable bonds is 4. The largest absolute Gasteiger partial charge is 0.451 e. The molecule has 0 radical (unpaired) electrons. The second-order valence-electron chi connectivity index (χ2n) is 6.67. The molecule has 1 unspecified atom stereocenters. The van der Waals surface area contributed by atoms with E-state index in [1.807, 2.05) is 0 Å². The van der Waals surface area contributed by atoms with Crippen molar-refractivity contribution in [2.45, 2.75) is 57.0 Å². The Morgan fingerprint density at radius 3 is 2.64 bits per heavy atom. The van der Waals surface area contributed by atoms with Gasteiger partial charge in [-0.15, -0.1) is 0 Å². The Balaban J connectivity index is 1.44. The van der Waals surface area contributed by atoms with Crippen molar-refractivity contribution in [3.63, 3.8) is 0 Å². The molecular formula is C17H20N4O4. The Morgan fingerprint density at radius 2 is 1.88 bits per heavy atom. The van der Waals surface area contributed by atoms with Gasteiger partial charge in [0.05, 0.1) is 0 Å². The Kier molecular flexibility index (Phi) is 4.25. The van der Waals surface area contributed by atoms with Crippen LogP contribution in [0.3, 0.4) is 0 Å². The number of aromatic nitrogens is 2. The molecule has 2 aromatic rings. The van der Waals surface area contributed by atoms with Gasteiger partial charge in [-0.3, -0.25) is 9.59 Å². The second kappa shape index (κ2) is 6.70. The van der Waals surface area contributed by atoms with Crippen LogP contribution in [0.25, 0.3) is 0 Å². The molecule has 4 rings (SSSR count). The second-order valence-corrected chi connectivity index (χ2v) is 6.67. The number of fused-ring (bicyclic) bond motifs is 1. The lowest BCUT2D eigenvalue weighted by Gasteiger charge is -2.22. The van der Waals surface area contributed by atoms with Gasteiger partial charge in [0.25, 0.3) is 11.8 Å². The molecule has 2 aliphatic carbocycles. The molecule has 8 heteroatoms. The van der Waals surface area contributed by atoms with E-state index in [-0.39, 0.29) is 29.6 Å². The Bertz CT molecular complexity index is 762. The molecule has 2 heterocycles. The maximum Gasteiger partial charge on any atom is 0.273 e. The van der Waals surface area contributed by atoms with E-state index in [9.17, 15) is 9.59 Å². The summed E-state index contributed by atoms with van der Waals surface area (Å²) >= 11 is 0. The summed E-state index contributed by atoms with van der Waals surface area (Å²) < 4.78 is 10.2. The summed E-state index contributed by atoms with van der Waals surface area (Å²) in [5.74, 6) is 0.277. The van der Waals surface area contributed by atoms with Crippen LogP contribution in [0.1, 0.15) is 64.4 Å². The number of amides is 2. The summed E-state index contributed by atoms with van der Waals surface area (Å²) in [6, 6.07) is 0.139. The average molecular weight is 344 g/mol. The lowest BCUT2D eigenvalue weighted by Crippen LogP contribution is -2.40. The standard InChI is InChI=1S/C17H20N4O4/c22-16(13-8-24-9-18-13)20-11-5-6-14-12(7-11)15(21-25-14)17(23)19-10-3-1-2-4-10/h8-11H,1-7H2,(H,19,23)(H,20,22). The van der Waals surface area contributed by atoms with Crippen LogP contribution in [0.2, 0.25) is 0 Å². The molecule has 2 aromatic heterocycles. The number of nitrogens with zero attached hydrogens (tertiary/aromatic N) is 2. The molecule has 0 aliphatic heterocycles. The van der Waals surface area contributed by atoms with Crippen molar-refractivity contribution in [2.75, 3.05) is 0 Å². The first kappa shape index (κ1) is 15.9.